The average Bonchev–Trinajstić information content (AvgIpc) is 3.27. The van der Waals surface area contributed by atoms with Gasteiger partial charge in [-0.15, -0.1) is 0 Å². The molecule has 1 aliphatic heterocycles. The Morgan fingerprint density at radius 1 is 1.30 bits per heavy atom. The Balaban J connectivity index is 1.61. The van der Waals surface area contributed by atoms with Gasteiger partial charge in [0.15, 0.2) is 5.76 Å². The quantitative estimate of drug-likeness (QED) is 0.707. The van der Waals surface area contributed by atoms with E-state index in [0.717, 1.165) is 42.0 Å². The molecule has 27 heavy (non-hydrogen) atoms. The fourth-order valence-corrected chi connectivity index (χ4v) is 3.61. The first-order chi connectivity index (χ1) is 13.0. The van der Waals surface area contributed by atoms with E-state index in [9.17, 15) is 4.79 Å². The number of rotatable bonds is 3. The van der Waals surface area contributed by atoms with Crippen molar-refractivity contribution in [3.05, 3.63) is 47.4 Å². The van der Waals surface area contributed by atoms with Crippen molar-refractivity contribution in [3.8, 4) is 11.3 Å². The highest BCUT2D eigenvalue weighted by atomic mass is 16.5. The lowest BCUT2D eigenvalue weighted by molar-refractivity contribution is 0.0705. The molecule has 0 aliphatic carbocycles. The topological polar surface area (TPSA) is 89.9 Å². The van der Waals surface area contributed by atoms with Crippen molar-refractivity contribution in [2.45, 2.75) is 32.6 Å². The summed E-state index contributed by atoms with van der Waals surface area (Å²) in [6.07, 6.45) is 6.85. The molecule has 0 radical (unpaired) electrons. The highest BCUT2D eigenvalue weighted by Gasteiger charge is 2.30. The normalized spacial score (nSPS) is 17.3. The van der Waals surface area contributed by atoms with E-state index in [1.54, 1.807) is 23.4 Å². The summed E-state index contributed by atoms with van der Waals surface area (Å²) >= 11 is 0. The van der Waals surface area contributed by atoms with Gasteiger partial charge in [0.1, 0.15) is 6.33 Å². The average molecular weight is 366 g/mol. The van der Waals surface area contributed by atoms with Crippen LogP contribution in [0.15, 0.2) is 29.3 Å². The largest absolute Gasteiger partial charge is 0.356 e. The molecule has 8 nitrogen and oxygen atoms in total. The summed E-state index contributed by atoms with van der Waals surface area (Å²) in [5.41, 5.74) is 4.10. The molecule has 0 spiro atoms. The molecular formula is C19H22N6O2. The van der Waals surface area contributed by atoms with E-state index in [0.29, 0.717) is 17.9 Å². The first kappa shape index (κ1) is 17.4. The number of aromatic nitrogens is 5. The molecule has 0 saturated carbocycles. The van der Waals surface area contributed by atoms with Gasteiger partial charge in [-0.3, -0.25) is 9.48 Å². The van der Waals surface area contributed by atoms with Crippen LogP contribution >= 0.6 is 0 Å². The Labute approximate surface area is 157 Å². The summed E-state index contributed by atoms with van der Waals surface area (Å²) in [6, 6.07) is 1.88. The van der Waals surface area contributed by atoms with Gasteiger partial charge in [-0.2, -0.15) is 5.10 Å². The summed E-state index contributed by atoms with van der Waals surface area (Å²) < 4.78 is 7.15. The van der Waals surface area contributed by atoms with Crippen molar-refractivity contribution >= 4 is 5.91 Å². The number of likely N-dealkylation sites (tertiary alicyclic amines) is 1. The summed E-state index contributed by atoms with van der Waals surface area (Å²) in [5.74, 6) is 0.814. The minimum Gasteiger partial charge on any atom is -0.356 e. The van der Waals surface area contributed by atoms with Crippen LogP contribution in [0.1, 0.15) is 46.2 Å². The smallest absolute Gasteiger partial charge is 0.257 e. The molecule has 1 saturated heterocycles. The summed E-state index contributed by atoms with van der Waals surface area (Å²) in [4.78, 5) is 23.6. The molecule has 1 amide bonds. The Bertz CT molecular complexity index is 976. The fourth-order valence-electron chi connectivity index (χ4n) is 3.61. The number of hydrogen-bond acceptors (Lipinski definition) is 6. The first-order valence-corrected chi connectivity index (χ1v) is 9.06. The van der Waals surface area contributed by atoms with Crippen LogP contribution in [0.25, 0.3) is 11.3 Å². The second-order valence-corrected chi connectivity index (χ2v) is 7.01. The second kappa shape index (κ2) is 6.94. The van der Waals surface area contributed by atoms with Gasteiger partial charge in [0.2, 0.25) is 0 Å². The van der Waals surface area contributed by atoms with Crippen LogP contribution in [0.4, 0.5) is 0 Å². The molecule has 3 aromatic heterocycles. The van der Waals surface area contributed by atoms with Crippen LogP contribution in [0.3, 0.4) is 0 Å². The van der Waals surface area contributed by atoms with Crippen molar-refractivity contribution in [2.24, 2.45) is 7.05 Å². The van der Waals surface area contributed by atoms with Crippen LogP contribution in [0.5, 0.6) is 0 Å². The molecular weight excluding hydrogens is 344 g/mol. The predicted molar refractivity (Wildman–Crippen MR) is 98.1 cm³/mol. The Hall–Kier alpha value is -3.03. The third-order valence-electron chi connectivity index (χ3n) is 5.20. The van der Waals surface area contributed by atoms with Crippen LogP contribution < -0.4 is 0 Å². The molecule has 8 heteroatoms. The van der Waals surface area contributed by atoms with E-state index in [1.807, 2.05) is 31.9 Å². The molecule has 0 N–H and O–H groups in total. The molecule has 1 unspecified atom stereocenters. The molecule has 1 aliphatic rings. The maximum absolute atomic E-state index is 13.0. The van der Waals surface area contributed by atoms with Crippen LogP contribution in [-0.2, 0) is 7.05 Å². The monoisotopic (exact) mass is 366 g/mol. The number of amides is 1. The van der Waals surface area contributed by atoms with Crippen LogP contribution in [-0.4, -0.2) is 48.8 Å². The predicted octanol–water partition coefficient (Wildman–Crippen LogP) is 2.50. The third kappa shape index (κ3) is 3.22. The molecule has 4 heterocycles. The van der Waals surface area contributed by atoms with Crippen molar-refractivity contribution in [1.82, 2.24) is 29.8 Å². The highest BCUT2D eigenvalue weighted by molar-refractivity contribution is 5.95. The lowest BCUT2D eigenvalue weighted by Gasteiger charge is -2.33. The lowest BCUT2D eigenvalue weighted by Crippen LogP contribution is -2.39. The minimum absolute atomic E-state index is 0.0245. The summed E-state index contributed by atoms with van der Waals surface area (Å²) in [5, 5.41) is 8.16. The van der Waals surface area contributed by atoms with E-state index >= 15 is 0 Å². The zero-order valence-electron chi connectivity index (χ0n) is 15.7. The second-order valence-electron chi connectivity index (χ2n) is 7.01. The third-order valence-corrected chi connectivity index (χ3v) is 5.20. The van der Waals surface area contributed by atoms with Gasteiger partial charge in [0, 0.05) is 44.0 Å². The van der Waals surface area contributed by atoms with E-state index in [-0.39, 0.29) is 11.8 Å². The van der Waals surface area contributed by atoms with Crippen molar-refractivity contribution in [3.63, 3.8) is 0 Å². The molecule has 0 aromatic carbocycles. The number of carbonyl (C=O) groups is 1. The van der Waals surface area contributed by atoms with E-state index in [1.165, 1.54) is 0 Å². The van der Waals surface area contributed by atoms with Crippen LogP contribution in [0, 0.1) is 13.8 Å². The van der Waals surface area contributed by atoms with Gasteiger partial charge in [0.05, 0.1) is 28.7 Å². The number of nitrogens with zero attached hydrogens (tertiary/aromatic N) is 6. The molecule has 1 atom stereocenters. The Morgan fingerprint density at radius 2 is 2.15 bits per heavy atom. The minimum atomic E-state index is 0.0245. The standard InChI is InChI=1S/C19H22N6O2/c1-12-7-17(27-23-12)16-8-20-11-21-18(16)14-5-4-6-25(10-14)19(26)15-9-22-24(3)13(15)2/h7-9,11,14H,4-6,10H2,1-3H3. The summed E-state index contributed by atoms with van der Waals surface area (Å²) in [6.45, 7) is 5.15. The van der Waals surface area contributed by atoms with Gasteiger partial charge in [0.25, 0.3) is 5.91 Å². The van der Waals surface area contributed by atoms with Crippen molar-refractivity contribution in [1.29, 1.82) is 0 Å². The maximum atomic E-state index is 13.0. The molecule has 140 valence electrons. The van der Waals surface area contributed by atoms with Gasteiger partial charge in [-0.25, -0.2) is 9.97 Å². The van der Waals surface area contributed by atoms with Gasteiger partial charge < -0.3 is 9.42 Å². The number of piperidine rings is 1. The Kier molecular flexibility index (Phi) is 4.47. The van der Waals surface area contributed by atoms with Gasteiger partial charge in [-0.1, -0.05) is 5.16 Å². The van der Waals surface area contributed by atoms with Crippen molar-refractivity contribution in [2.75, 3.05) is 13.1 Å². The maximum Gasteiger partial charge on any atom is 0.257 e. The van der Waals surface area contributed by atoms with Gasteiger partial charge >= 0.3 is 0 Å². The number of carbonyl (C=O) groups excluding carboxylic acids is 1. The van der Waals surface area contributed by atoms with Gasteiger partial charge in [-0.05, 0) is 26.7 Å². The molecule has 3 aromatic rings. The molecule has 0 bridgehead atoms. The molecule has 1 fully saturated rings. The molecule has 4 rings (SSSR count). The first-order valence-electron chi connectivity index (χ1n) is 9.06. The fraction of sp³-hybridized carbons (Fsp3) is 0.421. The van der Waals surface area contributed by atoms with Crippen LogP contribution in [0.2, 0.25) is 0 Å². The van der Waals surface area contributed by atoms with Crippen molar-refractivity contribution < 1.29 is 9.32 Å². The highest BCUT2D eigenvalue weighted by Crippen LogP contribution is 2.33. The SMILES string of the molecule is Cc1cc(-c2cncnc2C2CCCN(C(=O)c3cnn(C)c3C)C2)on1. The van der Waals surface area contributed by atoms with E-state index in [2.05, 4.69) is 20.2 Å². The zero-order chi connectivity index (χ0) is 19.0. The zero-order valence-corrected chi connectivity index (χ0v) is 15.7. The number of aryl methyl sites for hydroxylation is 2. The van der Waals surface area contributed by atoms with E-state index in [4.69, 9.17) is 4.52 Å². The Morgan fingerprint density at radius 3 is 2.85 bits per heavy atom. The van der Waals surface area contributed by atoms with E-state index < -0.39 is 0 Å². The number of hydrogen-bond donors (Lipinski definition) is 0. The summed E-state index contributed by atoms with van der Waals surface area (Å²) in [7, 11) is 1.84. The lowest BCUT2D eigenvalue weighted by atomic mass is 9.91.